The highest BCUT2D eigenvalue weighted by atomic mass is 16.5. The summed E-state index contributed by atoms with van der Waals surface area (Å²) in [4.78, 5) is 20.7. The van der Waals surface area contributed by atoms with Gasteiger partial charge >= 0.3 is 5.97 Å². The van der Waals surface area contributed by atoms with E-state index in [1.54, 1.807) is 18.5 Å². The summed E-state index contributed by atoms with van der Waals surface area (Å²) in [5.74, 6) is -0.475. The van der Waals surface area contributed by atoms with Crippen LogP contribution in [-0.2, 0) is 10.3 Å². The van der Waals surface area contributed by atoms with Crippen molar-refractivity contribution < 1.29 is 9.53 Å². The molecule has 7 heteroatoms. The molecule has 0 radical (unpaired) electrons. The average Bonchev–Trinajstić information content (AvgIpc) is 3.34. The molecule has 2 N–H and O–H groups in total. The van der Waals surface area contributed by atoms with Gasteiger partial charge in [-0.1, -0.05) is 54.6 Å². The van der Waals surface area contributed by atoms with Crippen molar-refractivity contribution in [2.75, 3.05) is 7.11 Å². The molecule has 0 amide bonds. The molecule has 0 spiro atoms. The van der Waals surface area contributed by atoms with E-state index in [0.717, 1.165) is 52.1 Å². The maximum Gasteiger partial charge on any atom is 0.356 e. The van der Waals surface area contributed by atoms with Gasteiger partial charge in [-0.3, -0.25) is 0 Å². The number of fused-ring (bicyclic) bond motifs is 1. The maximum atomic E-state index is 11.8. The third-order valence-corrected chi connectivity index (χ3v) is 7.01. The van der Waals surface area contributed by atoms with Gasteiger partial charge < -0.3 is 10.5 Å². The van der Waals surface area contributed by atoms with Crippen molar-refractivity contribution in [1.29, 1.82) is 0 Å². The Morgan fingerprint density at radius 1 is 0.917 bits per heavy atom. The number of nitrogens with zero attached hydrogens (tertiary/aromatic N) is 4. The van der Waals surface area contributed by atoms with Gasteiger partial charge in [0.05, 0.1) is 24.7 Å². The van der Waals surface area contributed by atoms with Crippen LogP contribution in [0.25, 0.3) is 39.3 Å². The molecule has 0 bridgehead atoms. The zero-order valence-corrected chi connectivity index (χ0v) is 19.9. The first kappa shape index (κ1) is 22.1. The van der Waals surface area contributed by atoms with Crippen molar-refractivity contribution in [3.05, 3.63) is 96.4 Å². The first-order valence-electron chi connectivity index (χ1n) is 11.9. The van der Waals surface area contributed by atoms with Gasteiger partial charge in [-0.05, 0) is 48.6 Å². The van der Waals surface area contributed by atoms with E-state index in [2.05, 4.69) is 52.4 Å². The number of hydrogen-bond acceptors (Lipinski definition) is 6. The number of aromatic nitrogens is 4. The Labute approximate surface area is 208 Å². The zero-order chi connectivity index (χ0) is 24.7. The lowest BCUT2D eigenvalue weighted by atomic mass is 9.72. The molecule has 3 heterocycles. The number of nitrogens with two attached hydrogens (primary N) is 1. The Kier molecular flexibility index (Phi) is 5.34. The molecule has 6 rings (SSSR count). The molecule has 36 heavy (non-hydrogen) atoms. The van der Waals surface area contributed by atoms with Crippen LogP contribution >= 0.6 is 0 Å². The molecule has 1 aliphatic carbocycles. The van der Waals surface area contributed by atoms with E-state index in [1.165, 1.54) is 19.1 Å². The standard InChI is InChI=1S/C29H25N5O2/c1-36-28(35)24-13-10-21(17-31-24)25-18-32-26-16-23(19-6-3-2-4-7-19)27(33-34(25)26)20-8-11-22(12-9-20)29(30)14-5-15-29/h2-4,6-13,16-18H,5,14-15,30H2,1H3. The second-order valence-electron chi connectivity index (χ2n) is 9.20. The van der Waals surface area contributed by atoms with Gasteiger partial charge in [-0.2, -0.15) is 5.10 Å². The van der Waals surface area contributed by atoms with Crippen LogP contribution < -0.4 is 5.73 Å². The fraction of sp³-hybridized carbons (Fsp3) is 0.172. The zero-order valence-electron chi connectivity index (χ0n) is 19.9. The summed E-state index contributed by atoms with van der Waals surface area (Å²) in [6.07, 6.45) is 6.62. The van der Waals surface area contributed by atoms with Crippen LogP contribution in [0.1, 0.15) is 35.3 Å². The van der Waals surface area contributed by atoms with Crippen LogP contribution in [0.4, 0.5) is 0 Å². The van der Waals surface area contributed by atoms with Crippen molar-refractivity contribution in [1.82, 2.24) is 19.6 Å². The minimum absolute atomic E-state index is 0.209. The fourth-order valence-corrected chi connectivity index (χ4v) is 4.74. The minimum Gasteiger partial charge on any atom is -0.464 e. The predicted octanol–water partition coefficient (Wildman–Crippen LogP) is 5.25. The van der Waals surface area contributed by atoms with Crippen molar-refractivity contribution in [2.45, 2.75) is 24.8 Å². The van der Waals surface area contributed by atoms with E-state index < -0.39 is 5.97 Å². The second-order valence-corrected chi connectivity index (χ2v) is 9.20. The molecular formula is C29H25N5O2. The van der Waals surface area contributed by atoms with Gasteiger partial charge in [0.1, 0.15) is 5.69 Å². The van der Waals surface area contributed by atoms with Crippen LogP contribution in [0.2, 0.25) is 0 Å². The summed E-state index contributed by atoms with van der Waals surface area (Å²) in [6.45, 7) is 0. The molecule has 0 saturated heterocycles. The van der Waals surface area contributed by atoms with E-state index in [0.29, 0.717) is 0 Å². The molecule has 178 valence electrons. The normalized spacial score (nSPS) is 14.4. The van der Waals surface area contributed by atoms with Gasteiger partial charge in [0.25, 0.3) is 0 Å². The Morgan fingerprint density at radius 3 is 2.31 bits per heavy atom. The van der Waals surface area contributed by atoms with E-state index in [-0.39, 0.29) is 11.2 Å². The number of rotatable bonds is 5. The molecule has 1 aliphatic rings. The lowest BCUT2D eigenvalue weighted by Gasteiger charge is -2.38. The number of imidazole rings is 1. The summed E-state index contributed by atoms with van der Waals surface area (Å²) in [5, 5.41) is 5.06. The summed E-state index contributed by atoms with van der Waals surface area (Å²) in [6, 6.07) is 24.2. The van der Waals surface area contributed by atoms with E-state index in [1.807, 2.05) is 28.8 Å². The first-order chi connectivity index (χ1) is 17.6. The molecule has 0 atom stereocenters. The predicted molar refractivity (Wildman–Crippen MR) is 138 cm³/mol. The van der Waals surface area contributed by atoms with Crippen molar-refractivity contribution in [3.63, 3.8) is 0 Å². The van der Waals surface area contributed by atoms with Crippen LogP contribution in [-0.4, -0.2) is 32.7 Å². The van der Waals surface area contributed by atoms with E-state index >= 15 is 0 Å². The summed E-state index contributed by atoms with van der Waals surface area (Å²) < 4.78 is 6.58. The molecule has 3 aromatic heterocycles. The Morgan fingerprint density at radius 2 is 1.67 bits per heavy atom. The topological polar surface area (TPSA) is 95.4 Å². The SMILES string of the molecule is COC(=O)c1ccc(-c2cnc3cc(-c4ccccc4)c(-c4ccc(C5(N)CCC5)cc4)nn23)cn1. The molecule has 5 aromatic rings. The van der Waals surface area contributed by atoms with Crippen molar-refractivity contribution in [3.8, 4) is 33.6 Å². The van der Waals surface area contributed by atoms with Gasteiger partial charge in [0, 0.05) is 28.4 Å². The smallest absolute Gasteiger partial charge is 0.356 e. The first-order valence-corrected chi connectivity index (χ1v) is 11.9. The van der Waals surface area contributed by atoms with Crippen LogP contribution in [0.3, 0.4) is 0 Å². The number of esters is 1. The number of ether oxygens (including phenoxy) is 1. The minimum atomic E-state index is -0.475. The molecule has 0 unspecified atom stereocenters. The molecule has 7 nitrogen and oxygen atoms in total. The second kappa shape index (κ2) is 8.70. The molecule has 0 aliphatic heterocycles. The number of benzene rings is 2. The third-order valence-electron chi connectivity index (χ3n) is 7.01. The summed E-state index contributed by atoms with van der Waals surface area (Å²) in [7, 11) is 1.34. The average molecular weight is 476 g/mol. The Bertz CT molecular complexity index is 1550. The van der Waals surface area contributed by atoms with Crippen LogP contribution in [0, 0.1) is 0 Å². The molecular weight excluding hydrogens is 450 g/mol. The third kappa shape index (κ3) is 3.74. The largest absolute Gasteiger partial charge is 0.464 e. The number of carbonyl (C=O) groups is 1. The molecule has 1 fully saturated rings. The Hall–Kier alpha value is -4.36. The van der Waals surface area contributed by atoms with Crippen molar-refractivity contribution >= 4 is 11.6 Å². The summed E-state index contributed by atoms with van der Waals surface area (Å²) in [5.41, 5.74) is 14.0. The summed E-state index contributed by atoms with van der Waals surface area (Å²) >= 11 is 0. The van der Waals surface area contributed by atoms with E-state index in [4.69, 9.17) is 15.6 Å². The van der Waals surface area contributed by atoms with Gasteiger partial charge in [0.15, 0.2) is 5.65 Å². The lowest BCUT2D eigenvalue weighted by molar-refractivity contribution is 0.0594. The highest BCUT2D eigenvalue weighted by Gasteiger charge is 2.34. The monoisotopic (exact) mass is 475 g/mol. The number of methoxy groups -OCH3 is 1. The van der Waals surface area contributed by atoms with Crippen LogP contribution in [0.5, 0.6) is 0 Å². The molecule has 2 aromatic carbocycles. The molecule has 1 saturated carbocycles. The van der Waals surface area contributed by atoms with Gasteiger partial charge in [-0.25, -0.2) is 19.3 Å². The fourth-order valence-electron chi connectivity index (χ4n) is 4.74. The van der Waals surface area contributed by atoms with Crippen molar-refractivity contribution in [2.24, 2.45) is 5.73 Å². The van der Waals surface area contributed by atoms with Gasteiger partial charge in [0.2, 0.25) is 0 Å². The highest BCUT2D eigenvalue weighted by Crippen LogP contribution is 2.40. The van der Waals surface area contributed by atoms with Gasteiger partial charge in [-0.15, -0.1) is 0 Å². The quantitative estimate of drug-likeness (QED) is 0.349. The Balaban J connectivity index is 1.48. The highest BCUT2D eigenvalue weighted by molar-refractivity contribution is 5.87. The number of hydrogen-bond donors (Lipinski definition) is 1. The lowest BCUT2D eigenvalue weighted by Crippen LogP contribution is -2.43. The number of pyridine rings is 1. The van der Waals surface area contributed by atoms with E-state index in [9.17, 15) is 4.79 Å². The van der Waals surface area contributed by atoms with Crippen LogP contribution in [0.15, 0.2) is 85.2 Å². The number of carbonyl (C=O) groups excluding carboxylic acids is 1. The maximum absolute atomic E-state index is 11.8.